The molecule has 3 rings (SSSR count). The normalized spacial score (nSPS) is 10.5. The van der Waals surface area contributed by atoms with Crippen LogP contribution in [0.2, 0.25) is 10.6 Å². The van der Waals surface area contributed by atoms with E-state index in [4.69, 9.17) is 28.9 Å². The van der Waals surface area contributed by atoms with Crippen LogP contribution in [0.5, 0.6) is 0 Å². The Hall–Kier alpha value is -2.37. The molecular weight excluding hydrogens is 321 g/mol. The minimum Gasteiger partial charge on any atom is -0.398 e. The van der Waals surface area contributed by atoms with Gasteiger partial charge in [-0.1, -0.05) is 18.2 Å². The average molecular weight is 332 g/mol. The molecular formula is C15H11Cl2N5. The van der Waals surface area contributed by atoms with E-state index < -0.39 is 0 Å². The minimum absolute atomic E-state index is 0.0239. The van der Waals surface area contributed by atoms with Crippen LogP contribution in [0.1, 0.15) is 0 Å². The summed E-state index contributed by atoms with van der Waals surface area (Å²) in [5.41, 5.74) is 8.97. The van der Waals surface area contributed by atoms with E-state index in [1.165, 1.54) is 0 Å². The van der Waals surface area contributed by atoms with Crippen molar-refractivity contribution in [2.45, 2.75) is 0 Å². The van der Waals surface area contributed by atoms with Crippen molar-refractivity contribution in [2.75, 3.05) is 11.1 Å². The number of anilines is 3. The fourth-order valence-electron chi connectivity index (χ4n) is 1.96. The molecule has 0 atom stereocenters. The number of hydrogen-bond acceptors (Lipinski definition) is 5. The molecule has 7 heteroatoms. The average Bonchev–Trinajstić information content (AvgIpc) is 2.49. The van der Waals surface area contributed by atoms with Crippen molar-refractivity contribution < 1.29 is 0 Å². The van der Waals surface area contributed by atoms with Gasteiger partial charge in [-0.05, 0) is 53.5 Å². The number of rotatable bonds is 3. The largest absolute Gasteiger partial charge is 0.398 e. The fourth-order valence-corrected chi connectivity index (χ4v) is 2.33. The lowest BCUT2D eigenvalue weighted by Gasteiger charge is -2.10. The lowest BCUT2D eigenvalue weighted by atomic mass is 10.1. The Balaban J connectivity index is 1.99. The monoisotopic (exact) mass is 331 g/mol. The van der Waals surface area contributed by atoms with Gasteiger partial charge in [-0.2, -0.15) is 15.0 Å². The van der Waals surface area contributed by atoms with E-state index in [-0.39, 0.29) is 10.6 Å². The molecule has 0 amide bonds. The molecule has 0 spiro atoms. The lowest BCUT2D eigenvalue weighted by Crippen LogP contribution is -1.99. The number of halogens is 2. The molecule has 0 aliphatic rings. The van der Waals surface area contributed by atoms with Crippen molar-refractivity contribution in [1.82, 2.24) is 15.0 Å². The van der Waals surface area contributed by atoms with Gasteiger partial charge in [0.15, 0.2) is 5.82 Å². The summed E-state index contributed by atoms with van der Waals surface area (Å²) < 4.78 is 0. The highest BCUT2D eigenvalue weighted by Gasteiger charge is 2.10. The molecule has 0 aliphatic carbocycles. The van der Waals surface area contributed by atoms with Gasteiger partial charge >= 0.3 is 0 Å². The van der Waals surface area contributed by atoms with Gasteiger partial charge in [-0.25, -0.2) is 0 Å². The van der Waals surface area contributed by atoms with Gasteiger partial charge in [-0.15, -0.1) is 0 Å². The second-order valence-corrected chi connectivity index (χ2v) is 5.17. The van der Waals surface area contributed by atoms with Crippen molar-refractivity contribution in [2.24, 2.45) is 0 Å². The molecule has 3 N–H and O–H groups in total. The van der Waals surface area contributed by atoms with Crippen LogP contribution in [0.25, 0.3) is 11.4 Å². The summed E-state index contributed by atoms with van der Waals surface area (Å²) in [5, 5.41) is 3.33. The maximum Gasteiger partial charge on any atom is 0.227 e. The van der Waals surface area contributed by atoms with Crippen molar-refractivity contribution in [3.8, 4) is 11.4 Å². The number of benzene rings is 2. The second kappa shape index (κ2) is 6.17. The number of nitrogens with one attached hydrogen (secondary N) is 1. The quantitative estimate of drug-likeness (QED) is 0.704. The molecule has 0 fully saturated rings. The fraction of sp³-hybridized carbons (Fsp3) is 0. The van der Waals surface area contributed by atoms with Crippen LogP contribution in [-0.2, 0) is 0 Å². The summed E-state index contributed by atoms with van der Waals surface area (Å²) in [5.74, 6) is 0.333. The maximum absolute atomic E-state index is 6.00. The Morgan fingerprint density at radius 2 is 1.50 bits per heavy atom. The maximum atomic E-state index is 6.00. The number of nitrogen functional groups attached to an aromatic ring is 1. The molecule has 2 aromatic carbocycles. The predicted molar refractivity (Wildman–Crippen MR) is 89.4 cm³/mol. The Kier molecular flexibility index (Phi) is 4.09. The van der Waals surface area contributed by atoms with E-state index in [2.05, 4.69) is 20.3 Å². The molecule has 0 unspecified atom stereocenters. The smallest absolute Gasteiger partial charge is 0.227 e. The zero-order valence-electron chi connectivity index (χ0n) is 11.3. The molecule has 5 nitrogen and oxygen atoms in total. The highest BCUT2D eigenvalue weighted by Crippen LogP contribution is 2.29. The van der Waals surface area contributed by atoms with E-state index in [1.807, 2.05) is 42.5 Å². The third-order valence-electron chi connectivity index (χ3n) is 2.94. The lowest BCUT2D eigenvalue weighted by molar-refractivity contribution is 1.06. The zero-order valence-corrected chi connectivity index (χ0v) is 12.8. The van der Waals surface area contributed by atoms with Gasteiger partial charge in [0.1, 0.15) is 0 Å². The molecule has 0 saturated heterocycles. The van der Waals surface area contributed by atoms with E-state index in [0.29, 0.717) is 17.1 Å². The highest BCUT2D eigenvalue weighted by molar-refractivity contribution is 6.31. The first kappa shape index (κ1) is 14.6. The minimum atomic E-state index is 0.0239. The van der Waals surface area contributed by atoms with E-state index in [0.717, 1.165) is 11.4 Å². The van der Waals surface area contributed by atoms with Crippen molar-refractivity contribution in [3.63, 3.8) is 0 Å². The second-order valence-electron chi connectivity index (χ2n) is 4.49. The molecule has 3 aromatic rings. The number of nitrogens with two attached hydrogens (primary N) is 1. The van der Waals surface area contributed by atoms with Crippen LogP contribution in [0, 0.1) is 0 Å². The molecule has 110 valence electrons. The van der Waals surface area contributed by atoms with Gasteiger partial charge in [0.2, 0.25) is 10.6 Å². The Morgan fingerprint density at radius 1 is 0.818 bits per heavy atom. The molecule has 1 aromatic heterocycles. The van der Waals surface area contributed by atoms with Crippen molar-refractivity contribution in [1.29, 1.82) is 0 Å². The molecule has 0 aliphatic heterocycles. The molecule has 0 saturated carbocycles. The zero-order chi connectivity index (χ0) is 15.5. The first-order chi connectivity index (χ1) is 10.6. The van der Waals surface area contributed by atoms with Crippen LogP contribution in [0.4, 0.5) is 17.1 Å². The topological polar surface area (TPSA) is 76.7 Å². The summed E-state index contributed by atoms with van der Waals surface area (Å²) in [7, 11) is 0. The van der Waals surface area contributed by atoms with Gasteiger partial charge in [0.25, 0.3) is 0 Å². The summed E-state index contributed by atoms with van der Waals surface area (Å²) >= 11 is 11.6. The molecule has 0 bridgehead atoms. The molecule has 0 radical (unpaired) electrons. The van der Waals surface area contributed by atoms with Crippen LogP contribution in [-0.4, -0.2) is 15.0 Å². The number of nitrogens with zero attached hydrogens (tertiary/aromatic N) is 3. The highest BCUT2D eigenvalue weighted by atomic mass is 35.5. The van der Waals surface area contributed by atoms with Crippen LogP contribution in [0.3, 0.4) is 0 Å². The first-order valence-corrected chi connectivity index (χ1v) is 7.16. The first-order valence-electron chi connectivity index (χ1n) is 6.41. The van der Waals surface area contributed by atoms with Gasteiger partial charge < -0.3 is 11.1 Å². The van der Waals surface area contributed by atoms with E-state index >= 15 is 0 Å². The van der Waals surface area contributed by atoms with Crippen molar-refractivity contribution in [3.05, 3.63) is 59.1 Å². The van der Waals surface area contributed by atoms with Gasteiger partial charge in [-0.3, -0.25) is 0 Å². The number of aromatic nitrogens is 3. The van der Waals surface area contributed by atoms with Gasteiger partial charge in [0.05, 0.1) is 0 Å². The SMILES string of the molecule is Nc1ccc(Nc2ccccc2)cc1-c1nc(Cl)nc(Cl)n1. The third-order valence-corrected chi connectivity index (χ3v) is 3.28. The van der Waals surface area contributed by atoms with Crippen LogP contribution < -0.4 is 11.1 Å². The summed E-state index contributed by atoms with van der Waals surface area (Å²) in [6.07, 6.45) is 0. The van der Waals surface area contributed by atoms with Crippen molar-refractivity contribution >= 4 is 40.3 Å². The van der Waals surface area contributed by atoms with E-state index in [1.54, 1.807) is 6.07 Å². The predicted octanol–water partition coefficient (Wildman–Crippen LogP) is 4.17. The van der Waals surface area contributed by atoms with Gasteiger partial charge in [0, 0.05) is 22.6 Å². The number of para-hydroxylation sites is 1. The van der Waals surface area contributed by atoms with Crippen LogP contribution in [0.15, 0.2) is 48.5 Å². The van der Waals surface area contributed by atoms with E-state index in [9.17, 15) is 0 Å². The van der Waals surface area contributed by atoms with Crippen LogP contribution >= 0.6 is 23.2 Å². The summed E-state index contributed by atoms with van der Waals surface area (Å²) in [6, 6.07) is 15.3. The standard InChI is InChI=1S/C15H11Cl2N5/c16-14-20-13(21-15(17)22-14)11-8-10(6-7-12(11)18)19-9-4-2-1-3-5-9/h1-8,19H,18H2. The Labute approximate surface area is 137 Å². The Morgan fingerprint density at radius 3 is 2.18 bits per heavy atom. The number of hydrogen-bond donors (Lipinski definition) is 2. The molecule has 22 heavy (non-hydrogen) atoms. The summed E-state index contributed by atoms with van der Waals surface area (Å²) in [4.78, 5) is 11.9. The third kappa shape index (κ3) is 3.27. The molecule has 1 heterocycles. The summed E-state index contributed by atoms with van der Waals surface area (Å²) in [6.45, 7) is 0. The Bertz CT molecular complexity index is 788.